The van der Waals surface area contributed by atoms with Gasteiger partial charge in [-0.1, -0.05) is 48.5 Å². The van der Waals surface area contributed by atoms with E-state index in [0.717, 1.165) is 0 Å². The summed E-state index contributed by atoms with van der Waals surface area (Å²) in [5.41, 5.74) is 2.08. The van der Waals surface area contributed by atoms with Gasteiger partial charge in [-0.2, -0.15) is 5.26 Å². The van der Waals surface area contributed by atoms with Crippen molar-refractivity contribution in [3.8, 4) is 17.6 Å². The molecule has 29 heavy (non-hydrogen) atoms. The first-order chi connectivity index (χ1) is 14.2. The van der Waals surface area contributed by atoms with Crippen molar-refractivity contribution in [2.45, 2.75) is 5.92 Å². The SMILES string of the molecule is N#Cc1ccccc1NC(=O)COC(=O)C1c2ccccc2Oc2ccccc21. The minimum Gasteiger partial charge on any atom is -0.457 e. The zero-order chi connectivity index (χ0) is 20.2. The molecule has 0 unspecified atom stereocenters. The van der Waals surface area contributed by atoms with E-state index < -0.39 is 24.4 Å². The zero-order valence-electron chi connectivity index (χ0n) is 15.3. The molecule has 3 aromatic rings. The number of amides is 1. The Kier molecular flexibility index (Phi) is 4.95. The maximum atomic E-state index is 12.9. The van der Waals surface area contributed by atoms with E-state index in [-0.39, 0.29) is 0 Å². The molecule has 1 N–H and O–H groups in total. The Morgan fingerprint density at radius 2 is 1.52 bits per heavy atom. The van der Waals surface area contributed by atoms with Gasteiger partial charge in [0.2, 0.25) is 0 Å². The van der Waals surface area contributed by atoms with Gasteiger partial charge >= 0.3 is 5.97 Å². The van der Waals surface area contributed by atoms with Crippen LogP contribution in [0, 0.1) is 11.3 Å². The fraction of sp³-hybridized carbons (Fsp3) is 0.0870. The highest BCUT2D eigenvalue weighted by Crippen LogP contribution is 2.44. The fourth-order valence-electron chi connectivity index (χ4n) is 3.26. The lowest BCUT2D eigenvalue weighted by Gasteiger charge is -2.26. The summed E-state index contributed by atoms with van der Waals surface area (Å²) in [7, 11) is 0. The normalized spacial score (nSPS) is 12.0. The van der Waals surface area contributed by atoms with E-state index >= 15 is 0 Å². The van der Waals surface area contributed by atoms with E-state index in [4.69, 9.17) is 14.7 Å². The molecule has 4 rings (SSSR count). The molecule has 0 spiro atoms. The Morgan fingerprint density at radius 3 is 2.17 bits per heavy atom. The van der Waals surface area contributed by atoms with Crippen LogP contribution in [0.4, 0.5) is 5.69 Å². The van der Waals surface area contributed by atoms with Crippen molar-refractivity contribution in [2.24, 2.45) is 0 Å². The van der Waals surface area contributed by atoms with Crippen LogP contribution in [0.15, 0.2) is 72.8 Å². The molecule has 1 aliphatic rings. The van der Waals surface area contributed by atoms with Gasteiger partial charge < -0.3 is 14.8 Å². The summed E-state index contributed by atoms with van der Waals surface area (Å²) < 4.78 is 11.2. The van der Waals surface area contributed by atoms with Crippen LogP contribution in [0.25, 0.3) is 0 Å². The summed E-state index contributed by atoms with van der Waals surface area (Å²) in [6, 6.07) is 23.1. The number of carbonyl (C=O) groups is 2. The van der Waals surface area contributed by atoms with E-state index in [0.29, 0.717) is 33.9 Å². The number of ether oxygens (including phenoxy) is 2. The van der Waals surface area contributed by atoms with Crippen LogP contribution < -0.4 is 10.1 Å². The number of anilines is 1. The van der Waals surface area contributed by atoms with Crippen molar-refractivity contribution in [3.63, 3.8) is 0 Å². The summed E-state index contributed by atoms with van der Waals surface area (Å²) in [5.74, 6) is -0.581. The molecule has 1 heterocycles. The molecule has 0 bridgehead atoms. The second kappa shape index (κ2) is 7.87. The average Bonchev–Trinajstić information content (AvgIpc) is 2.76. The first-order valence-electron chi connectivity index (χ1n) is 8.98. The number of carbonyl (C=O) groups excluding carboxylic acids is 2. The highest BCUT2D eigenvalue weighted by Gasteiger charge is 2.33. The predicted molar refractivity (Wildman–Crippen MR) is 106 cm³/mol. The standard InChI is InChI=1S/C23H16N2O4/c24-13-15-7-1-4-10-18(15)25-21(26)14-28-23(27)22-16-8-2-5-11-19(16)29-20-12-6-3-9-17(20)22/h1-12,22H,14H2,(H,25,26). The van der Waals surface area contributed by atoms with Gasteiger partial charge in [0, 0.05) is 11.1 Å². The number of hydrogen-bond acceptors (Lipinski definition) is 5. The van der Waals surface area contributed by atoms with Gasteiger partial charge in [0.1, 0.15) is 23.5 Å². The van der Waals surface area contributed by atoms with Crippen LogP contribution in [0.1, 0.15) is 22.6 Å². The first-order valence-corrected chi connectivity index (χ1v) is 8.98. The maximum absolute atomic E-state index is 12.9. The van der Waals surface area contributed by atoms with Gasteiger partial charge in [0.25, 0.3) is 5.91 Å². The van der Waals surface area contributed by atoms with Crippen LogP contribution in [0.2, 0.25) is 0 Å². The van der Waals surface area contributed by atoms with Crippen molar-refractivity contribution >= 4 is 17.6 Å². The minimum atomic E-state index is -0.685. The highest BCUT2D eigenvalue weighted by atomic mass is 16.5. The van der Waals surface area contributed by atoms with Gasteiger partial charge in [0.05, 0.1) is 11.3 Å². The number of nitriles is 1. The van der Waals surface area contributed by atoms with Crippen molar-refractivity contribution in [1.82, 2.24) is 0 Å². The zero-order valence-corrected chi connectivity index (χ0v) is 15.3. The molecule has 0 atom stereocenters. The predicted octanol–water partition coefficient (Wildman–Crippen LogP) is 3.98. The van der Waals surface area contributed by atoms with Crippen molar-refractivity contribution in [3.05, 3.63) is 89.5 Å². The van der Waals surface area contributed by atoms with Gasteiger partial charge in [-0.25, -0.2) is 0 Å². The number of fused-ring (bicyclic) bond motifs is 2. The highest BCUT2D eigenvalue weighted by molar-refractivity contribution is 5.95. The topological polar surface area (TPSA) is 88.4 Å². The molecule has 1 aliphatic heterocycles. The second-order valence-electron chi connectivity index (χ2n) is 6.42. The first kappa shape index (κ1) is 18.3. The van der Waals surface area contributed by atoms with Crippen LogP contribution in [-0.4, -0.2) is 18.5 Å². The second-order valence-corrected chi connectivity index (χ2v) is 6.42. The van der Waals surface area contributed by atoms with E-state index in [9.17, 15) is 9.59 Å². The molecule has 0 saturated heterocycles. The van der Waals surface area contributed by atoms with Gasteiger partial charge in [-0.15, -0.1) is 0 Å². The lowest BCUT2D eigenvalue weighted by atomic mass is 9.88. The molecule has 6 nitrogen and oxygen atoms in total. The Morgan fingerprint density at radius 1 is 0.931 bits per heavy atom. The smallest absolute Gasteiger partial charge is 0.318 e. The van der Waals surface area contributed by atoms with E-state index in [2.05, 4.69) is 5.32 Å². The van der Waals surface area contributed by atoms with Crippen molar-refractivity contribution < 1.29 is 19.1 Å². The molecule has 0 radical (unpaired) electrons. The molecular formula is C23H16N2O4. The summed E-state index contributed by atoms with van der Waals surface area (Å²) in [5, 5.41) is 11.7. The molecule has 6 heteroatoms. The average molecular weight is 384 g/mol. The number of nitrogens with one attached hydrogen (secondary N) is 1. The Balaban J connectivity index is 1.51. The summed E-state index contributed by atoms with van der Waals surface area (Å²) in [6.45, 7) is -0.458. The Bertz CT molecular complexity index is 1090. The third-order valence-electron chi connectivity index (χ3n) is 4.58. The summed E-state index contributed by atoms with van der Waals surface area (Å²) in [6.07, 6.45) is 0. The molecule has 0 aromatic heterocycles. The van der Waals surface area contributed by atoms with Crippen molar-refractivity contribution in [1.29, 1.82) is 5.26 Å². The third-order valence-corrected chi connectivity index (χ3v) is 4.58. The van der Waals surface area contributed by atoms with Crippen LogP contribution >= 0.6 is 0 Å². The molecule has 1 amide bonds. The van der Waals surface area contributed by atoms with E-state index in [1.54, 1.807) is 48.5 Å². The molecule has 0 fully saturated rings. The van der Waals surface area contributed by atoms with Crippen LogP contribution in [0.3, 0.4) is 0 Å². The van der Waals surface area contributed by atoms with Crippen LogP contribution in [0.5, 0.6) is 11.5 Å². The maximum Gasteiger partial charge on any atom is 0.318 e. The molecule has 0 saturated carbocycles. The van der Waals surface area contributed by atoms with Crippen LogP contribution in [-0.2, 0) is 14.3 Å². The minimum absolute atomic E-state index is 0.333. The number of rotatable bonds is 4. The van der Waals surface area contributed by atoms with Gasteiger partial charge in [-0.05, 0) is 24.3 Å². The largest absolute Gasteiger partial charge is 0.457 e. The number of nitrogens with zero attached hydrogens (tertiary/aromatic N) is 1. The number of benzene rings is 3. The Labute approximate surface area is 167 Å². The summed E-state index contributed by atoms with van der Waals surface area (Å²) in [4.78, 5) is 25.1. The molecule has 3 aromatic carbocycles. The monoisotopic (exact) mass is 384 g/mol. The van der Waals surface area contributed by atoms with Gasteiger partial charge in [-0.3, -0.25) is 9.59 Å². The molecular weight excluding hydrogens is 368 g/mol. The molecule has 0 aliphatic carbocycles. The number of hydrogen-bond donors (Lipinski definition) is 1. The lowest BCUT2D eigenvalue weighted by molar-refractivity contribution is -0.148. The summed E-state index contributed by atoms with van der Waals surface area (Å²) >= 11 is 0. The quantitative estimate of drug-likeness (QED) is 0.688. The van der Waals surface area contributed by atoms with E-state index in [1.807, 2.05) is 30.3 Å². The van der Waals surface area contributed by atoms with E-state index in [1.165, 1.54) is 0 Å². The number of para-hydroxylation sites is 3. The lowest BCUT2D eigenvalue weighted by Crippen LogP contribution is -2.26. The van der Waals surface area contributed by atoms with Gasteiger partial charge in [0.15, 0.2) is 6.61 Å². The Hall–Kier alpha value is -4.11. The third kappa shape index (κ3) is 3.66. The fourth-order valence-corrected chi connectivity index (χ4v) is 3.26. The van der Waals surface area contributed by atoms with Crippen molar-refractivity contribution in [2.75, 3.05) is 11.9 Å². The number of esters is 1. The molecule has 142 valence electrons.